The molecule has 1 aromatic heterocycles. The molecule has 1 aromatic carbocycles. The summed E-state index contributed by atoms with van der Waals surface area (Å²) in [5, 5.41) is 3.91. The highest BCUT2D eigenvalue weighted by Gasteiger charge is 2.34. The van der Waals surface area contributed by atoms with E-state index < -0.39 is 11.7 Å². The molecule has 0 spiro atoms. The molecule has 2 aromatic rings. The first-order valence-corrected chi connectivity index (χ1v) is 5.15. The molecule has 0 saturated heterocycles. The Hall–Kier alpha value is -1.49. The van der Waals surface area contributed by atoms with E-state index in [0.717, 1.165) is 6.07 Å². The van der Waals surface area contributed by atoms with Crippen molar-refractivity contribution in [3.05, 3.63) is 46.7 Å². The topological polar surface area (TPSA) is 17.8 Å². The molecule has 0 aliphatic rings. The van der Waals surface area contributed by atoms with Crippen molar-refractivity contribution in [2.24, 2.45) is 0 Å². The minimum atomic E-state index is -4.46. The van der Waals surface area contributed by atoms with Gasteiger partial charge >= 0.3 is 6.18 Å². The average molecular weight is 261 g/mol. The van der Waals surface area contributed by atoms with Crippen molar-refractivity contribution in [3.63, 3.8) is 0 Å². The summed E-state index contributed by atoms with van der Waals surface area (Å²) < 4.78 is 39.8. The molecule has 0 radical (unpaired) electrons. The van der Waals surface area contributed by atoms with E-state index in [-0.39, 0.29) is 10.7 Å². The molecule has 1 heterocycles. The maximum absolute atomic E-state index is 12.9. The number of benzene rings is 1. The van der Waals surface area contributed by atoms with Gasteiger partial charge in [-0.05, 0) is 31.2 Å². The van der Waals surface area contributed by atoms with E-state index in [2.05, 4.69) is 5.10 Å². The third kappa shape index (κ3) is 2.29. The van der Waals surface area contributed by atoms with Gasteiger partial charge in [-0.2, -0.15) is 18.3 Å². The van der Waals surface area contributed by atoms with Crippen molar-refractivity contribution < 1.29 is 13.2 Å². The molecule has 0 unspecified atom stereocenters. The van der Waals surface area contributed by atoms with Crippen LogP contribution >= 0.6 is 11.6 Å². The number of rotatable bonds is 1. The SMILES string of the molecule is Cc1ccnn1-c1ccc(Cl)cc1C(F)(F)F. The van der Waals surface area contributed by atoms with Crippen LogP contribution in [0.2, 0.25) is 5.02 Å². The van der Waals surface area contributed by atoms with Gasteiger partial charge in [0, 0.05) is 16.9 Å². The van der Waals surface area contributed by atoms with Crippen molar-refractivity contribution in [1.82, 2.24) is 9.78 Å². The Kier molecular flexibility index (Phi) is 2.87. The second-order valence-corrected chi connectivity index (χ2v) is 3.98. The predicted octanol–water partition coefficient (Wildman–Crippen LogP) is 3.85. The summed E-state index contributed by atoms with van der Waals surface area (Å²) in [5.41, 5.74) is -0.195. The van der Waals surface area contributed by atoms with Crippen molar-refractivity contribution >= 4 is 11.6 Å². The molecule has 17 heavy (non-hydrogen) atoms. The van der Waals surface area contributed by atoms with Crippen LogP contribution in [0, 0.1) is 6.92 Å². The van der Waals surface area contributed by atoms with Crippen LogP contribution in [0.15, 0.2) is 30.5 Å². The normalized spacial score (nSPS) is 11.8. The van der Waals surface area contributed by atoms with Crippen molar-refractivity contribution in [3.8, 4) is 5.69 Å². The number of hydrogen-bond acceptors (Lipinski definition) is 1. The summed E-state index contributed by atoms with van der Waals surface area (Å²) in [6, 6.07) is 5.26. The van der Waals surface area contributed by atoms with Crippen LogP contribution in [0.5, 0.6) is 0 Å². The predicted molar refractivity (Wildman–Crippen MR) is 58.3 cm³/mol. The van der Waals surface area contributed by atoms with E-state index >= 15 is 0 Å². The molecule has 0 saturated carbocycles. The zero-order valence-corrected chi connectivity index (χ0v) is 9.55. The first-order chi connectivity index (χ1) is 7.89. The largest absolute Gasteiger partial charge is 0.418 e. The van der Waals surface area contributed by atoms with E-state index in [1.807, 2.05) is 0 Å². The van der Waals surface area contributed by atoms with Crippen LogP contribution < -0.4 is 0 Å². The molecule has 0 N–H and O–H groups in total. The van der Waals surface area contributed by atoms with Gasteiger partial charge in [-0.1, -0.05) is 11.6 Å². The minimum Gasteiger partial charge on any atom is -0.238 e. The maximum Gasteiger partial charge on any atom is 0.418 e. The summed E-state index contributed by atoms with van der Waals surface area (Å²) in [7, 11) is 0. The fourth-order valence-corrected chi connectivity index (χ4v) is 1.71. The second kappa shape index (κ2) is 4.07. The first kappa shape index (κ1) is 12.0. The Morgan fingerprint density at radius 1 is 1.24 bits per heavy atom. The molecule has 90 valence electrons. The molecule has 0 bridgehead atoms. The van der Waals surface area contributed by atoms with Crippen LogP contribution in [0.1, 0.15) is 11.3 Å². The van der Waals surface area contributed by atoms with Gasteiger partial charge < -0.3 is 0 Å². The number of aromatic nitrogens is 2. The smallest absolute Gasteiger partial charge is 0.238 e. The van der Waals surface area contributed by atoms with Gasteiger partial charge in [-0.15, -0.1) is 0 Å². The monoisotopic (exact) mass is 260 g/mol. The molecule has 0 fully saturated rings. The van der Waals surface area contributed by atoms with Gasteiger partial charge in [-0.3, -0.25) is 0 Å². The summed E-state index contributed by atoms with van der Waals surface area (Å²) in [6.45, 7) is 1.68. The number of hydrogen-bond donors (Lipinski definition) is 0. The molecular formula is C11H8ClF3N2. The lowest BCUT2D eigenvalue weighted by Gasteiger charge is -2.14. The van der Waals surface area contributed by atoms with Gasteiger partial charge in [0.2, 0.25) is 0 Å². The van der Waals surface area contributed by atoms with Gasteiger partial charge in [0.25, 0.3) is 0 Å². The van der Waals surface area contributed by atoms with Gasteiger partial charge in [-0.25, -0.2) is 4.68 Å². The third-order valence-corrected chi connectivity index (χ3v) is 2.56. The van der Waals surface area contributed by atoms with Crippen LogP contribution in [-0.4, -0.2) is 9.78 Å². The van der Waals surface area contributed by atoms with E-state index in [0.29, 0.717) is 5.69 Å². The van der Waals surface area contributed by atoms with Crippen molar-refractivity contribution in [2.45, 2.75) is 13.1 Å². The Labute approximate surface area is 101 Å². The number of alkyl halides is 3. The lowest BCUT2D eigenvalue weighted by molar-refractivity contribution is -0.137. The number of aryl methyl sites for hydroxylation is 1. The highest BCUT2D eigenvalue weighted by Crippen LogP contribution is 2.35. The lowest BCUT2D eigenvalue weighted by Crippen LogP contribution is -2.12. The highest BCUT2D eigenvalue weighted by molar-refractivity contribution is 6.30. The summed E-state index contributed by atoms with van der Waals surface area (Å²) >= 11 is 5.59. The fraction of sp³-hybridized carbons (Fsp3) is 0.182. The molecule has 0 atom stereocenters. The fourth-order valence-electron chi connectivity index (χ4n) is 1.54. The molecule has 0 amide bonds. The summed E-state index contributed by atoms with van der Waals surface area (Å²) in [4.78, 5) is 0. The van der Waals surface area contributed by atoms with E-state index in [1.54, 1.807) is 13.0 Å². The number of nitrogens with zero attached hydrogens (tertiary/aromatic N) is 2. The summed E-state index contributed by atoms with van der Waals surface area (Å²) in [6.07, 6.45) is -3.01. The molecular weight excluding hydrogens is 253 g/mol. The zero-order valence-electron chi connectivity index (χ0n) is 8.79. The molecule has 6 heteroatoms. The molecule has 2 nitrogen and oxygen atoms in total. The van der Waals surface area contributed by atoms with E-state index in [1.165, 1.54) is 23.0 Å². The Morgan fingerprint density at radius 2 is 1.94 bits per heavy atom. The Morgan fingerprint density at radius 3 is 2.47 bits per heavy atom. The third-order valence-electron chi connectivity index (χ3n) is 2.32. The van der Waals surface area contributed by atoms with E-state index in [9.17, 15) is 13.2 Å². The average Bonchev–Trinajstić information content (AvgIpc) is 2.63. The van der Waals surface area contributed by atoms with Crippen LogP contribution in [-0.2, 0) is 6.18 Å². The zero-order chi connectivity index (χ0) is 12.6. The highest BCUT2D eigenvalue weighted by atomic mass is 35.5. The van der Waals surface area contributed by atoms with Crippen LogP contribution in [0.3, 0.4) is 0 Å². The second-order valence-electron chi connectivity index (χ2n) is 3.54. The molecule has 0 aliphatic carbocycles. The first-order valence-electron chi connectivity index (χ1n) is 4.77. The standard InChI is InChI=1S/C11H8ClF3N2/c1-7-4-5-16-17(7)10-3-2-8(12)6-9(10)11(13,14)15/h2-6H,1H3. The Bertz CT molecular complexity index is 546. The molecule has 2 rings (SSSR count). The Balaban J connectivity index is 2.67. The van der Waals surface area contributed by atoms with Crippen LogP contribution in [0.4, 0.5) is 13.2 Å². The number of halogens is 4. The van der Waals surface area contributed by atoms with Gasteiger partial charge in [0.15, 0.2) is 0 Å². The minimum absolute atomic E-state index is 0.0237. The van der Waals surface area contributed by atoms with E-state index in [4.69, 9.17) is 11.6 Å². The van der Waals surface area contributed by atoms with Gasteiger partial charge in [0.1, 0.15) is 0 Å². The van der Waals surface area contributed by atoms with Crippen molar-refractivity contribution in [1.29, 1.82) is 0 Å². The molecule has 0 aliphatic heterocycles. The van der Waals surface area contributed by atoms with Gasteiger partial charge in [0.05, 0.1) is 11.3 Å². The lowest BCUT2D eigenvalue weighted by atomic mass is 10.1. The van der Waals surface area contributed by atoms with Crippen molar-refractivity contribution in [2.75, 3.05) is 0 Å². The summed E-state index contributed by atoms with van der Waals surface area (Å²) in [5.74, 6) is 0. The maximum atomic E-state index is 12.9. The quantitative estimate of drug-likeness (QED) is 0.761. The van der Waals surface area contributed by atoms with Crippen LogP contribution in [0.25, 0.3) is 5.69 Å².